The number of imidazole rings is 2. The molecule has 3 aromatic heterocycles. The van der Waals surface area contributed by atoms with Crippen LogP contribution in [0, 0.1) is 12.8 Å². The number of hydrogen-bond acceptors (Lipinski definition) is 7. The van der Waals surface area contributed by atoms with Crippen molar-refractivity contribution in [1.82, 2.24) is 24.5 Å². The monoisotopic (exact) mass is 512 g/mol. The van der Waals surface area contributed by atoms with Crippen molar-refractivity contribution in [2.24, 2.45) is 13.0 Å². The van der Waals surface area contributed by atoms with Crippen LogP contribution in [-0.2, 0) is 21.9 Å². The van der Waals surface area contributed by atoms with E-state index in [9.17, 15) is 17.6 Å². The fourth-order valence-corrected chi connectivity index (χ4v) is 4.48. The maximum atomic E-state index is 13.3. The number of aromatic nitrogens is 5. The number of halogens is 1. The highest BCUT2D eigenvalue weighted by atomic mass is 32.2. The van der Waals surface area contributed by atoms with E-state index in [1.54, 1.807) is 44.6 Å². The minimum absolute atomic E-state index is 0.104. The maximum Gasteiger partial charge on any atom is 0.232 e. The van der Waals surface area contributed by atoms with Gasteiger partial charge in [0.15, 0.2) is 5.65 Å². The highest BCUT2D eigenvalue weighted by Crippen LogP contribution is 2.36. The number of rotatable bonds is 8. The predicted octanol–water partition coefficient (Wildman–Crippen LogP) is 3.47. The summed E-state index contributed by atoms with van der Waals surface area (Å²) in [6, 6.07) is 6.90. The Bertz CT molecular complexity index is 1580. The second-order valence-electron chi connectivity index (χ2n) is 8.70. The number of sulfonamides is 1. The van der Waals surface area contributed by atoms with E-state index in [-0.39, 0.29) is 18.0 Å². The van der Waals surface area contributed by atoms with E-state index in [2.05, 4.69) is 35.3 Å². The molecule has 1 fully saturated rings. The fraction of sp³-hybridized carbons (Fsp3) is 0.304. The number of aromatic amines is 1. The van der Waals surface area contributed by atoms with Crippen LogP contribution in [0.2, 0.25) is 0 Å². The fourth-order valence-electron chi connectivity index (χ4n) is 3.84. The zero-order valence-electron chi connectivity index (χ0n) is 19.8. The average molecular weight is 513 g/mol. The van der Waals surface area contributed by atoms with Crippen LogP contribution in [0.3, 0.4) is 0 Å². The molecule has 11 nitrogen and oxygen atoms in total. The van der Waals surface area contributed by atoms with Gasteiger partial charge in [-0.25, -0.2) is 27.8 Å². The molecule has 0 bridgehead atoms. The number of H-pyrrole nitrogens is 1. The molecule has 2 atom stereocenters. The summed E-state index contributed by atoms with van der Waals surface area (Å²) in [5, 5.41) is 5.89. The van der Waals surface area contributed by atoms with E-state index >= 15 is 0 Å². The molecule has 0 spiro atoms. The molecular formula is C23H25FN8O3S. The first-order valence-electron chi connectivity index (χ1n) is 11.3. The van der Waals surface area contributed by atoms with Crippen molar-refractivity contribution < 1.29 is 17.6 Å². The summed E-state index contributed by atoms with van der Waals surface area (Å²) in [5.41, 5.74) is 3.78. The Labute approximate surface area is 206 Å². The van der Waals surface area contributed by atoms with E-state index in [0.717, 1.165) is 11.3 Å². The third-order valence-corrected chi connectivity index (χ3v) is 7.21. The largest absolute Gasteiger partial charge is 0.352 e. The number of carbonyl (C=O) groups excluding carboxylic acids is 1. The summed E-state index contributed by atoms with van der Waals surface area (Å²) < 4.78 is 42.7. The zero-order valence-corrected chi connectivity index (χ0v) is 20.6. The highest BCUT2D eigenvalue weighted by molar-refractivity contribution is 7.92. The molecule has 13 heteroatoms. The standard InChI is InChI=1S/C23H25FN8O3S/c1-4-36(34,35)31-17-7-13(19-10-25-11-32(19)3)5-6-16(17)28-18-9-20(30-23(33)14-8-15(14)24)29-22-21(18)26-12(2)27-22/h5-7,9-11,14-15,31H,4,8H2,1-3H3,(H3,26,27,28,29,30,33)/t14-,15+/m1/s1. The molecule has 5 rings (SSSR count). The van der Waals surface area contributed by atoms with Crippen molar-refractivity contribution in [2.75, 3.05) is 21.1 Å². The zero-order chi connectivity index (χ0) is 25.6. The third kappa shape index (κ3) is 4.73. The molecule has 36 heavy (non-hydrogen) atoms. The molecule has 0 radical (unpaired) electrons. The topological polar surface area (TPSA) is 147 Å². The minimum atomic E-state index is -3.59. The Hall–Kier alpha value is -4.00. The van der Waals surface area contributed by atoms with Crippen molar-refractivity contribution in [3.63, 3.8) is 0 Å². The molecule has 4 aromatic rings. The number of nitrogens with zero attached hydrogens (tertiary/aromatic N) is 4. The number of benzene rings is 1. The Kier molecular flexibility index (Phi) is 5.86. The number of nitrogens with one attached hydrogen (secondary N) is 4. The number of amides is 1. The number of aryl methyl sites for hydroxylation is 2. The van der Waals surface area contributed by atoms with Crippen molar-refractivity contribution in [1.29, 1.82) is 0 Å². The number of hydrogen-bond donors (Lipinski definition) is 4. The van der Waals surface area contributed by atoms with Crippen LogP contribution in [0.25, 0.3) is 22.4 Å². The Morgan fingerprint density at radius 2 is 2.00 bits per heavy atom. The number of carbonyl (C=O) groups is 1. The molecule has 0 saturated heterocycles. The lowest BCUT2D eigenvalue weighted by atomic mass is 10.1. The lowest BCUT2D eigenvalue weighted by Gasteiger charge is -2.16. The van der Waals surface area contributed by atoms with Gasteiger partial charge in [0.2, 0.25) is 15.9 Å². The van der Waals surface area contributed by atoms with E-state index < -0.39 is 28.0 Å². The molecule has 1 aliphatic rings. The first-order valence-corrected chi connectivity index (χ1v) is 13.0. The molecule has 1 aromatic carbocycles. The second-order valence-corrected chi connectivity index (χ2v) is 10.7. The van der Waals surface area contributed by atoms with Gasteiger partial charge in [-0.15, -0.1) is 0 Å². The van der Waals surface area contributed by atoms with Crippen LogP contribution >= 0.6 is 0 Å². The number of anilines is 4. The third-order valence-electron chi connectivity index (χ3n) is 5.92. The molecular weight excluding hydrogens is 487 g/mol. The van der Waals surface area contributed by atoms with Gasteiger partial charge in [-0.2, -0.15) is 0 Å². The van der Waals surface area contributed by atoms with Gasteiger partial charge < -0.3 is 20.2 Å². The number of pyridine rings is 1. The van der Waals surface area contributed by atoms with Crippen LogP contribution in [0.4, 0.5) is 27.3 Å². The molecule has 1 amide bonds. The quantitative estimate of drug-likeness (QED) is 0.283. The summed E-state index contributed by atoms with van der Waals surface area (Å²) in [7, 11) is -1.74. The van der Waals surface area contributed by atoms with Gasteiger partial charge in [0, 0.05) is 18.7 Å². The smallest absolute Gasteiger partial charge is 0.232 e. The lowest BCUT2D eigenvalue weighted by Crippen LogP contribution is -2.16. The van der Waals surface area contributed by atoms with Crippen LogP contribution in [0.1, 0.15) is 19.2 Å². The number of fused-ring (bicyclic) bond motifs is 1. The second kappa shape index (κ2) is 8.90. The van der Waals surface area contributed by atoms with Gasteiger partial charge >= 0.3 is 0 Å². The Balaban J connectivity index is 1.55. The summed E-state index contributed by atoms with van der Waals surface area (Å²) in [6.45, 7) is 3.32. The summed E-state index contributed by atoms with van der Waals surface area (Å²) >= 11 is 0. The van der Waals surface area contributed by atoms with Crippen LogP contribution < -0.4 is 15.4 Å². The van der Waals surface area contributed by atoms with Crippen LogP contribution in [0.5, 0.6) is 0 Å². The van der Waals surface area contributed by atoms with Crippen molar-refractivity contribution in [2.45, 2.75) is 26.4 Å². The average Bonchev–Trinajstić information content (AvgIpc) is 3.20. The van der Waals surface area contributed by atoms with Gasteiger partial charge in [-0.3, -0.25) is 9.52 Å². The SMILES string of the molecule is CCS(=O)(=O)Nc1cc(-c2cncn2C)ccc1Nc1cc(NC(=O)[C@@H]2C[C@@H]2F)nc2[nH]c(C)nc12. The van der Waals surface area contributed by atoms with Crippen molar-refractivity contribution in [3.8, 4) is 11.3 Å². The van der Waals surface area contributed by atoms with E-state index in [1.165, 1.54) is 0 Å². The van der Waals surface area contributed by atoms with Gasteiger partial charge in [0.05, 0.1) is 47.0 Å². The van der Waals surface area contributed by atoms with Gasteiger partial charge in [0.1, 0.15) is 23.3 Å². The van der Waals surface area contributed by atoms with Gasteiger partial charge in [-0.1, -0.05) is 6.07 Å². The summed E-state index contributed by atoms with van der Waals surface area (Å²) in [4.78, 5) is 28.3. The van der Waals surface area contributed by atoms with Crippen molar-refractivity contribution >= 4 is 50.0 Å². The van der Waals surface area contributed by atoms with E-state index in [1.807, 2.05) is 17.7 Å². The molecule has 1 saturated carbocycles. The minimum Gasteiger partial charge on any atom is -0.352 e. The van der Waals surface area contributed by atoms with Gasteiger partial charge in [0.25, 0.3) is 0 Å². The Morgan fingerprint density at radius 3 is 2.67 bits per heavy atom. The molecule has 3 heterocycles. The predicted molar refractivity (Wildman–Crippen MR) is 135 cm³/mol. The molecule has 0 unspecified atom stereocenters. The number of alkyl halides is 1. The normalized spacial score (nSPS) is 17.2. The lowest BCUT2D eigenvalue weighted by molar-refractivity contribution is -0.117. The summed E-state index contributed by atoms with van der Waals surface area (Å²) in [6.07, 6.45) is 2.42. The molecule has 1 aliphatic carbocycles. The van der Waals surface area contributed by atoms with Crippen LogP contribution in [0.15, 0.2) is 36.8 Å². The van der Waals surface area contributed by atoms with Crippen LogP contribution in [-0.4, -0.2) is 50.8 Å². The molecule has 4 N–H and O–H groups in total. The van der Waals surface area contributed by atoms with E-state index in [4.69, 9.17) is 0 Å². The maximum absolute atomic E-state index is 13.3. The molecule has 188 valence electrons. The highest BCUT2D eigenvalue weighted by Gasteiger charge is 2.43. The first-order chi connectivity index (χ1) is 17.1. The van der Waals surface area contributed by atoms with Crippen molar-refractivity contribution in [3.05, 3.63) is 42.6 Å². The van der Waals surface area contributed by atoms with E-state index in [0.29, 0.717) is 34.1 Å². The first kappa shape index (κ1) is 23.7. The van der Waals surface area contributed by atoms with Gasteiger partial charge in [-0.05, 0) is 32.4 Å². The summed E-state index contributed by atoms with van der Waals surface area (Å²) in [5.74, 6) is -0.383. The molecule has 0 aliphatic heterocycles. The Morgan fingerprint density at radius 1 is 1.22 bits per heavy atom.